The lowest BCUT2D eigenvalue weighted by atomic mass is 10.0. The van der Waals surface area contributed by atoms with Crippen molar-refractivity contribution in [3.63, 3.8) is 0 Å². The second-order valence-corrected chi connectivity index (χ2v) is 4.38. The van der Waals surface area contributed by atoms with Gasteiger partial charge in [-0.3, -0.25) is 0 Å². The van der Waals surface area contributed by atoms with E-state index in [1.165, 1.54) is 5.56 Å². The number of aryl methyl sites for hydroxylation is 2. The molecule has 2 rings (SSSR count). The summed E-state index contributed by atoms with van der Waals surface area (Å²) in [7, 11) is 0. The first-order valence-corrected chi connectivity index (χ1v) is 5.58. The maximum Gasteiger partial charge on any atom is 0.248 e. The van der Waals surface area contributed by atoms with Gasteiger partial charge in [0.15, 0.2) is 0 Å². The van der Waals surface area contributed by atoms with Crippen molar-refractivity contribution in [2.75, 3.05) is 0 Å². The third-order valence-corrected chi connectivity index (χ3v) is 2.84. The molecule has 2 aromatic rings. The van der Waals surface area contributed by atoms with Crippen molar-refractivity contribution in [2.24, 2.45) is 0 Å². The fourth-order valence-electron chi connectivity index (χ4n) is 1.77. The molecule has 0 aliphatic carbocycles. The highest BCUT2D eigenvalue weighted by Crippen LogP contribution is 2.27. The van der Waals surface area contributed by atoms with Crippen LogP contribution in [-0.2, 0) is 0 Å². The van der Waals surface area contributed by atoms with Crippen LogP contribution in [0.15, 0.2) is 16.5 Å². The van der Waals surface area contributed by atoms with Crippen molar-refractivity contribution in [3.8, 4) is 11.5 Å². The molecule has 90 valence electrons. The topological polar surface area (TPSA) is 59.2 Å². The summed E-state index contributed by atoms with van der Waals surface area (Å²) in [5, 5.41) is 17.2. The summed E-state index contributed by atoms with van der Waals surface area (Å²) in [6.07, 6.45) is -0.734. The second kappa shape index (κ2) is 4.30. The van der Waals surface area contributed by atoms with Gasteiger partial charge in [0.05, 0.1) is 0 Å². The van der Waals surface area contributed by atoms with Crippen LogP contribution in [0.4, 0.5) is 0 Å². The summed E-state index contributed by atoms with van der Waals surface area (Å²) in [6, 6.07) is 4.13. The van der Waals surface area contributed by atoms with Crippen molar-refractivity contribution >= 4 is 0 Å². The molecule has 0 amide bonds. The fourth-order valence-corrected chi connectivity index (χ4v) is 1.77. The second-order valence-electron chi connectivity index (χ2n) is 4.38. The van der Waals surface area contributed by atoms with Crippen LogP contribution < -0.4 is 0 Å². The first-order valence-electron chi connectivity index (χ1n) is 5.58. The van der Waals surface area contributed by atoms with Gasteiger partial charge in [-0.05, 0) is 44.9 Å². The summed E-state index contributed by atoms with van der Waals surface area (Å²) in [5.74, 6) is 0.712. The molecule has 0 fully saturated rings. The highest BCUT2D eigenvalue weighted by atomic mass is 16.4. The minimum absolute atomic E-state index is 0.249. The van der Waals surface area contributed by atoms with Gasteiger partial charge in [0.2, 0.25) is 11.8 Å². The van der Waals surface area contributed by atoms with E-state index in [-0.39, 0.29) is 5.89 Å². The highest BCUT2D eigenvalue weighted by Gasteiger charge is 2.15. The average Bonchev–Trinajstić information content (AvgIpc) is 2.72. The van der Waals surface area contributed by atoms with Crippen molar-refractivity contribution in [3.05, 3.63) is 34.7 Å². The van der Waals surface area contributed by atoms with Gasteiger partial charge in [-0.15, -0.1) is 10.2 Å². The summed E-state index contributed by atoms with van der Waals surface area (Å²) < 4.78 is 5.45. The summed E-state index contributed by atoms with van der Waals surface area (Å²) in [6.45, 7) is 7.71. The number of hydrogen-bond acceptors (Lipinski definition) is 4. The van der Waals surface area contributed by atoms with E-state index in [1.807, 2.05) is 19.9 Å². The Morgan fingerprint density at radius 3 is 2.47 bits per heavy atom. The van der Waals surface area contributed by atoms with Crippen molar-refractivity contribution in [1.29, 1.82) is 0 Å². The van der Waals surface area contributed by atoms with Crippen LogP contribution in [0.2, 0.25) is 0 Å². The van der Waals surface area contributed by atoms with Gasteiger partial charge < -0.3 is 9.52 Å². The number of aliphatic hydroxyl groups excluding tert-OH is 1. The number of hydrogen-bond donors (Lipinski definition) is 1. The first-order chi connectivity index (χ1) is 7.99. The maximum absolute atomic E-state index is 9.37. The largest absolute Gasteiger partial charge is 0.418 e. The quantitative estimate of drug-likeness (QED) is 0.864. The highest BCUT2D eigenvalue weighted by molar-refractivity contribution is 5.61. The summed E-state index contributed by atoms with van der Waals surface area (Å²) in [5.41, 5.74) is 4.40. The molecule has 4 nitrogen and oxygen atoms in total. The third kappa shape index (κ3) is 2.22. The molecule has 0 aliphatic heterocycles. The SMILES string of the molecule is Cc1cc(C)c(C)c(-c2nnc(C(C)O)o2)c1. The average molecular weight is 232 g/mol. The number of aliphatic hydroxyl groups is 1. The van der Waals surface area contributed by atoms with Crippen molar-refractivity contribution < 1.29 is 9.52 Å². The first kappa shape index (κ1) is 11.8. The number of rotatable bonds is 2. The van der Waals surface area contributed by atoms with Crippen molar-refractivity contribution in [1.82, 2.24) is 10.2 Å². The van der Waals surface area contributed by atoms with Gasteiger partial charge >= 0.3 is 0 Å². The van der Waals surface area contributed by atoms with Crippen LogP contribution in [0.3, 0.4) is 0 Å². The Hall–Kier alpha value is -1.68. The monoisotopic (exact) mass is 232 g/mol. The smallest absolute Gasteiger partial charge is 0.248 e. The fraction of sp³-hybridized carbons (Fsp3) is 0.385. The summed E-state index contributed by atoms with van der Waals surface area (Å²) >= 11 is 0. The van der Waals surface area contributed by atoms with Gasteiger partial charge in [0, 0.05) is 5.56 Å². The lowest BCUT2D eigenvalue weighted by Gasteiger charge is -2.06. The van der Waals surface area contributed by atoms with Gasteiger partial charge in [-0.1, -0.05) is 11.6 Å². The van der Waals surface area contributed by atoms with E-state index >= 15 is 0 Å². The van der Waals surface area contributed by atoms with E-state index in [1.54, 1.807) is 6.92 Å². The molecule has 0 saturated carbocycles. The molecule has 1 N–H and O–H groups in total. The van der Waals surface area contributed by atoms with E-state index in [4.69, 9.17) is 4.42 Å². The molecule has 0 spiro atoms. The molecule has 1 heterocycles. The number of aromatic nitrogens is 2. The minimum Gasteiger partial charge on any atom is -0.418 e. The Morgan fingerprint density at radius 2 is 1.88 bits per heavy atom. The molecule has 1 unspecified atom stereocenters. The number of benzene rings is 1. The van der Waals surface area contributed by atoms with Crippen molar-refractivity contribution in [2.45, 2.75) is 33.8 Å². The predicted octanol–water partition coefficient (Wildman–Crippen LogP) is 2.72. The molecule has 0 saturated heterocycles. The molecular formula is C13H16N2O2. The van der Waals surface area contributed by atoms with E-state index in [0.717, 1.165) is 16.7 Å². The summed E-state index contributed by atoms with van der Waals surface area (Å²) in [4.78, 5) is 0. The molecule has 4 heteroatoms. The number of nitrogens with zero attached hydrogens (tertiary/aromatic N) is 2. The van der Waals surface area contributed by atoms with Gasteiger partial charge in [-0.2, -0.15) is 0 Å². The predicted molar refractivity (Wildman–Crippen MR) is 64.6 cm³/mol. The standard InChI is InChI=1S/C13H16N2O2/c1-7-5-8(2)9(3)11(6-7)13-15-14-12(17-13)10(4)16/h5-6,10,16H,1-4H3. The molecule has 1 aromatic carbocycles. The van der Waals surface area contributed by atoms with E-state index in [0.29, 0.717) is 5.89 Å². The van der Waals surface area contributed by atoms with Crippen LogP contribution >= 0.6 is 0 Å². The zero-order valence-corrected chi connectivity index (χ0v) is 10.5. The van der Waals surface area contributed by atoms with E-state index in [2.05, 4.69) is 23.2 Å². The Balaban J connectivity index is 2.52. The molecule has 1 atom stereocenters. The zero-order valence-electron chi connectivity index (χ0n) is 10.5. The van der Waals surface area contributed by atoms with Gasteiger partial charge in [0.25, 0.3) is 0 Å². The van der Waals surface area contributed by atoms with Crippen LogP contribution in [0, 0.1) is 20.8 Å². The van der Waals surface area contributed by atoms with Crippen LogP contribution in [0.5, 0.6) is 0 Å². The molecule has 0 bridgehead atoms. The van der Waals surface area contributed by atoms with Crippen LogP contribution in [-0.4, -0.2) is 15.3 Å². The minimum atomic E-state index is -0.734. The molecule has 0 radical (unpaired) electrons. The Bertz CT molecular complexity index is 544. The Morgan fingerprint density at radius 1 is 1.18 bits per heavy atom. The maximum atomic E-state index is 9.37. The van der Waals surface area contributed by atoms with Crippen LogP contribution in [0.1, 0.15) is 35.6 Å². The molecule has 1 aromatic heterocycles. The normalized spacial score (nSPS) is 12.8. The van der Waals surface area contributed by atoms with E-state index < -0.39 is 6.10 Å². The molecule has 17 heavy (non-hydrogen) atoms. The van der Waals surface area contributed by atoms with Gasteiger partial charge in [0.1, 0.15) is 6.10 Å². The molecular weight excluding hydrogens is 216 g/mol. The van der Waals surface area contributed by atoms with E-state index in [9.17, 15) is 5.11 Å². The van der Waals surface area contributed by atoms with Gasteiger partial charge in [-0.25, -0.2) is 0 Å². The molecule has 0 aliphatic rings. The van der Waals surface area contributed by atoms with Crippen LogP contribution in [0.25, 0.3) is 11.5 Å². The third-order valence-electron chi connectivity index (χ3n) is 2.84. The zero-order chi connectivity index (χ0) is 12.6. The Kier molecular flexibility index (Phi) is 2.98. The lowest BCUT2D eigenvalue weighted by Crippen LogP contribution is -1.90. The lowest BCUT2D eigenvalue weighted by molar-refractivity contribution is 0.163. The Labute approximate surface area is 100 Å².